The average Bonchev–Trinajstić information content (AvgIpc) is 2.55. The number of methoxy groups -OCH3 is 1. The molecule has 0 saturated heterocycles. The lowest BCUT2D eigenvalue weighted by Gasteiger charge is -2.28. The predicted molar refractivity (Wildman–Crippen MR) is 64.4 cm³/mol. The van der Waals surface area contributed by atoms with E-state index < -0.39 is 0 Å². The Bertz CT molecular complexity index is 344. The van der Waals surface area contributed by atoms with Gasteiger partial charge in [0.1, 0.15) is 5.75 Å². The maximum Gasteiger partial charge on any atom is 0.137 e. The summed E-state index contributed by atoms with van der Waals surface area (Å²) >= 11 is 0. The molecule has 0 bridgehead atoms. The average molecular weight is 220 g/mol. The minimum absolute atomic E-state index is 0.196. The third kappa shape index (κ3) is 2.35. The Morgan fingerprint density at radius 3 is 2.50 bits per heavy atom. The number of nitrogens with two attached hydrogens (primary N) is 1. The molecule has 0 spiro atoms. The van der Waals surface area contributed by atoms with Gasteiger partial charge in [-0.05, 0) is 24.5 Å². The van der Waals surface area contributed by atoms with Gasteiger partial charge < -0.3 is 10.5 Å². The molecule has 0 aliphatic heterocycles. The monoisotopic (exact) mass is 220 g/mol. The first-order chi connectivity index (χ1) is 7.74. The first kappa shape index (κ1) is 11.4. The van der Waals surface area contributed by atoms with Gasteiger partial charge in [-0.3, -0.25) is 4.98 Å². The maximum absolute atomic E-state index is 6.51. The molecule has 0 radical (unpaired) electrons. The highest BCUT2D eigenvalue weighted by molar-refractivity contribution is 5.29. The maximum atomic E-state index is 6.51. The summed E-state index contributed by atoms with van der Waals surface area (Å²) in [7, 11) is 1.66. The van der Waals surface area contributed by atoms with Crippen LogP contribution >= 0.6 is 0 Å². The minimum atomic E-state index is -0.196. The van der Waals surface area contributed by atoms with Crippen molar-refractivity contribution in [3.05, 3.63) is 24.0 Å². The molecular formula is C13H20N2O. The number of hydrogen-bond donors (Lipinski definition) is 1. The molecule has 1 aromatic rings. The third-order valence-corrected chi connectivity index (χ3v) is 3.52. The summed E-state index contributed by atoms with van der Waals surface area (Å²) in [4.78, 5) is 4.20. The number of hydrogen-bond acceptors (Lipinski definition) is 3. The molecule has 0 aromatic carbocycles. The molecule has 1 aromatic heterocycles. The van der Waals surface area contributed by atoms with Crippen LogP contribution in [-0.4, -0.2) is 12.1 Å². The van der Waals surface area contributed by atoms with E-state index in [0.717, 1.165) is 24.2 Å². The van der Waals surface area contributed by atoms with Crippen molar-refractivity contribution in [2.45, 2.75) is 44.1 Å². The van der Waals surface area contributed by atoms with Gasteiger partial charge in [-0.2, -0.15) is 0 Å². The fourth-order valence-electron chi connectivity index (χ4n) is 2.45. The molecule has 0 atom stereocenters. The Morgan fingerprint density at radius 2 is 1.88 bits per heavy atom. The van der Waals surface area contributed by atoms with Crippen LogP contribution in [-0.2, 0) is 5.54 Å². The summed E-state index contributed by atoms with van der Waals surface area (Å²) in [5, 5.41) is 0. The van der Waals surface area contributed by atoms with Crippen LogP contribution < -0.4 is 10.5 Å². The summed E-state index contributed by atoms with van der Waals surface area (Å²) in [6.07, 6.45) is 10.8. The number of pyridine rings is 1. The molecule has 88 valence electrons. The number of ether oxygens (including phenoxy) is 1. The van der Waals surface area contributed by atoms with Crippen molar-refractivity contribution in [3.63, 3.8) is 0 Å². The van der Waals surface area contributed by atoms with Crippen LogP contribution in [0.15, 0.2) is 18.5 Å². The standard InChI is InChI=1S/C13H20N2O/c1-16-12-8-11(9-15-10-12)13(14)6-4-2-3-5-7-13/h8-10H,2-7,14H2,1H3. The summed E-state index contributed by atoms with van der Waals surface area (Å²) < 4.78 is 5.20. The zero-order valence-corrected chi connectivity index (χ0v) is 9.91. The predicted octanol–water partition coefficient (Wildman–Crippen LogP) is 2.60. The van der Waals surface area contributed by atoms with Gasteiger partial charge >= 0.3 is 0 Å². The van der Waals surface area contributed by atoms with Crippen LogP contribution in [0.3, 0.4) is 0 Å². The molecule has 2 rings (SSSR count). The summed E-state index contributed by atoms with van der Waals surface area (Å²) in [6.45, 7) is 0. The lowest BCUT2D eigenvalue weighted by Crippen LogP contribution is -2.36. The van der Waals surface area contributed by atoms with Gasteiger partial charge in [-0.25, -0.2) is 0 Å². The van der Waals surface area contributed by atoms with E-state index in [4.69, 9.17) is 10.5 Å². The van der Waals surface area contributed by atoms with Crippen LogP contribution in [0.1, 0.15) is 44.1 Å². The minimum Gasteiger partial charge on any atom is -0.495 e. The summed E-state index contributed by atoms with van der Waals surface area (Å²) in [6, 6.07) is 2.03. The fraction of sp³-hybridized carbons (Fsp3) is 0.615. The Morgan fingerprint density at radius 1 is 1.19 bits per heavy atom. The Labute approximate surface area is 97.0 Å². The number of nitrogens with zero attached hydrogens (tertiary/aromatic N) is 1. The number of aromatic nitrogens is 1. The SMILES string of the molecule is COc1cncc(C2(N)CCCCCC2)c1. The molecule has 0 unspecified atom stereocenters. The molecule has 2 N–H and O–H groups in total. The first-order valence-corrected chi connectivity index (χ1v) is 6.03. The first-order valence-electron chi connectivity index (χ1n) is 6.03. The largest absolute Gasteiger partial charge is 0.495 e. The topological polar surface area (TPSA) is 48.1 Å². The molecule has 1 fully saturated rings. The fourth-order valence-corrected chi connectivity index (χ4v) is 2.45. The van der Waals surface area contributed by atoms with E-state index >= 15 is 0 Å². The van der Waals surface area contributed by atoms with Gasteiger partial charge in [0.15, 0.2) is 0 Å². The van der Waals surface area contributed by atoms with Gasteiger partial charge in [0.05, 0.1) is 13.3 Å². The van der Waals surface area contributed by atoms with Crippen molar-refractivity contribution in [3.8, 4) is 5.75 Å². The molecule has 1 aliphatic rings. The van der Waals surface area contributed by atoms with Crippen LogP contribution in [0.2, 0.25) is 0 Å². The van der Waals surface area contributed by atoms with E-state index in [1.54, 1.807) is 13.3 Å². The van der Waals surface area contributed by atoms with Crippen LogP contribution in [0, 0.1) is 0 Å². The highest BCUT2D eigenvalue weighted by atomic mass is 16.5. The van der Waals surface area contributed by atoms with Crippen molar-refractivity contribution < 1.29 is 4.74 Å². The van der Waals surface area contributed by atoms with Gasteiger partial charge in [0.25, 0.3) is 0 Å². The van der Waals surface area contributed by atoms with E-state index in [9.17, 15) is 0 Å². The molecule has 1 heterocycles. The van der Waals surface area contributed by atoms with Crippen LogP contribution in [0.25, 0.3) is 0 Å². The van der Waals surface area contributed by atoms with Crippen molar-refractivity contribution in [2.24, 2.45) is 5.73 Å². The van der Waals surface area contributed by atoms with E-state index in [0.29, 0.717) is 0 Å². The second kappa shape index (κ2) is 4.83. The molecule has 3 heteroatoms. The normalized spacial score (nSPS) is 20.1. The molecule has 1 saturated carbocycles. The van der Waals surface area contributed by atoms with Crippen molar-refractivity contribution in [1.29, 1.82) is 0 Å². The van der Waals surface area contributed by atoms with Gasteiger partial charge in [-0.15, -0.1) is 0 Å². The second-order valence-electron chi connectivity index (χ2n) is 4.68. The summed E-state index contributed by atoms with van der Waals surface area (Å²) in [5.41, 5.74) is 7.43. The Hall–Kier alpha value is -1.09. The molecular weight excluding hydrogens is 200 g/mol. The quantitative estimate of drug-likeness (QED) is 0.779. The summed E-state index contributed by atoms with van der Waals surface area (Å²) in [5.74, 6) is 0.798. The Kier molecular flexibility index (Phi) is 3.44. The smallest absolute Gasteiger partial charge is 0.137 e. The van der Waals surface area contributed by atoms with Crippen molar-refractivity contribution in [2.75, 3.05) is 7.11 Å². The Balaban J connectivity index is 2.25. The van der Waals surface area contributed by atoms with Gasteiger partial charge in [0.2, 0.25) is 0 Å². The van der Waals surface area contributed by atoms with E-state index in [-0.39, 0.29) is 5.54 Å². The third-order valence-electron chi connectivity index (χ3n) is 3.52. The van der Waals surface area contributed by atoms with E-state index in [1.807, 2.05) is 12.3 Å². The zero-order chi connectivity index (χ0) is 11.4. The lowest BCUT2D eigenvalue weighted by molar-refractivity contribution is 0.376. The highest BCUT2D eigenvalue weighted by Crippen LogP contribution is 2.34. The molecule has 16 heavy (non-hydrogen) atoms. The zero-order valence-electron chi connectivity index (χ0n) is 9.91. The van der Waals surface area contributed by atoms with Gasteiger partial charge in [-0.1, -0.05) is 25.7 Å². The molecule has 1 aliphatic carbocycles. The van der Waals surface area contributed by atoms with Gasteiger partial charge in [0, 0.05) is 11.7 Å². The molecule has 3 nitrogen and oxygen atoms in total. The van der Waals surface area contributed by atoms with E-state index in [2.05, 4.69) is 4.98 Å². The van der Waals surface area contributed by atoms with Crippen molar-refractivity contribution in [1.82, 2.24) is 4.98 Å². The van der Waals surface area contributed by atoms with Crippen LogP contribution in [0.5, 0.6) is 5.75 Å². The van der Waals surface area contributed by atoms with Crippen molar-refractivity contribution >= 4 is 0 Å². The van der Waals surface area contributed by atoms with E-state index in [1.165, 1.54) is 25.7 Å². The second-order valence-corrected chi connectivity index (χ2v) is 4.68. The molecule has 0 amide bonds. The lowest BCUT2D eigenvalue weighted by atomic mass is 9.85. The number of rotatable bonds is 2. The highest BCUT2D eigenvalue weighted by Gasteiger charge is 2.28. The van der Waals surface area contributed by atoms with Crippen LogP contribution in [0.4, 0.5) is 0 Å².